The summed E-state index contributed by atoms with van der Waals surface area (Å²) < 4.78 is 57.6. The van der Waals surface area contributed by atoms with Crippen molar-refractivity contribution < 1.29 is 46.5 Å². The fourth-order valence-corrected chi connectivity index (χ4v) is 3.21. The van der Waals surface area contributed by atoms with Crippen molar-refractivity contribution in [3.05, 3.63) is 0 Å². The van der Waals surface area contributed by atoms with Crippen LogP contribution in [0.3, 0.4) is 0 Å². The number of amides is 3. The molecule has 2 aliphatic rings. The Hall–Kier alpha value is -2.12. The third kappa shape index (κ3) is 7.21. The number of hydrazine groups is 1. The summed E-state index contributed by atoms with van der Waals surface area (Å²) in [7, 11) is 1.39. The monoisotopic (exact) mass is 455 g/mol. The van der Waals surface area contributed by atoms with Gasteiger partial charge in [0.25, 0.3) is 11.8 Å². The standard InChI is InChI=1S/C18H28F3N3O7/c1-16(2,3)30-15(27)22-10-9-29-12(8-11(10)28-4)13(25)23-24-14(26)17(6-5-7-17)31-18(19,20)21/h10-12H,5-9H2,1-4H3,(H,22,27)(H,23,25)(H,24,26)/t10-,11?,12-/m0/s1. The third-order valence-corrected chi connectivity index (χ3v) is 4.85. The van der Waals surface area contributed by atoms with E-state index >= 15 is 0 Å². The van der Waals surface area contributed by atoms with Gasteiger partial charge in [-0.3, -0.25) is 25.2 Å². The van der Waals surface area contributed by atoms with E-state index in [0.29, 0.717) is 6.42 Å². The van der Waals surface area contributed by atoms with Gasteiger partial charge < -0.3 is 19.5 Å². The number of methoxy groups -OCH3 is 1. The van der Waals surface area contributed by atoms with Gasteiger partial charge in [0, 0.05) is 13.5 Å². The van der Waals surface area contributed by atoms with Crippen LogP contribution in [0.5, 0.6) is 0 Å². The molecule has 3 amide bonds. The molecule has 3 atom stereocenters. The highest BCUT2D eigenvalue weighted by atomic mass is 19.4. The van der Waals surface area contributed by atoms with Crippen LogP contribution in [-0.4, -0.2) is 67.4 Å². The van der Waals surface area contributed by atoms with Gasteiger partial charge in [-0.1, -0.05) is 0 Å². The molecule has 31 heavy (non-hydrogen) atoms. The summed E-state index contributed by atoms with van der Waals surface area (Å²) >= 11 is 0. The average Bonchev–Trinajstić information content (AvgIpc) is 2.60. The van der Waals surface area contributed by atoms with E-state index in [1.54, 1.807) is 20.8 Å². The molecule has 10 nitrogen and oxygen atoms in total. The van der Waals surface area contributed by atoms with E-state index in [9.17, 15) is 27.6 Å². The Morgan fingerprint density at radius 3 is 2.23 bits per heavy atom. The zero-order valence-electron chi connectivity index (χ0n) is 17.8. The van der Waals surface area contributed by atoms with Gasteiger partial charge in [-0.25, -0.2) is 4.79 Å². The van der Waals surface area contributed by atoms with Gasteiger partial charge in [-0.2, -0.15) is 0 Å². The lowest BCUT2D eigenvalue weighted by atomic mass is 9.79. The van der Waals surface area contributed by atoms with Gasteiger partial charge in [-0.15, -0.1) is 13.2 Å². The fourth-order valence-electron chi connectivity index (χ4n) is 3.21. The molecule has 1 saturated carbocycles. The number of rotatable bonds is 5. The number of carbonyl (C=O) groups is 3. The van der Waals surface area contributed by atoms with Crippen molar-refractivity contribution in [2.45, 2.75) is 82.3 Å². The van der Waals surface area contributed by atoms with Crippen LogP contribution in [0.4, 0.5) is 18.0 Å². The van der Waals surface area contributed by atoms with E-state index in [2.05, 4.69) is 15.5 Å². The van der Waals surface area contributed by atoms with Crippen LogP contribution in [0.15, 0.2) is 0 Å². The summed E-state index contributed by atoms with van der Waals surface area (Å²) in [5.41, 5.74) is 1.29. The lowest BCUT2D eigenvalue weighted by Crippen LogP contribution is -2.61. The minimum Gasteiger partial charge on any atom is -0.444 e. The molecular formula is C18H28F3N3O7. The molecule has 0 spiro atoms. The predicted octanol–water partition coefficient (Wildman–Crippen LogP) is 1.29. The Balaban J connectivity index is 1.85. The molecule has 0 radical (unpaired) electrons. The first kappa shape index (κ1) is 25.1. The molecule has 0 aromatic rings. The molecule has 2 rings (SSSR count). The van der Waals surface area contributed by atoms with E-state index in [-0.39, 0.29) is 25.9 Å². The number of halogens is 3. The Kier molecular flexibility index (Phi) is 7.76. The lowest BCUT2D eigenvalue weighted by Gasteiger charge is -2.40. The maximum atomic E-state index is 12.6. The number of ether oxygens (including phenoxy) is 4. The van der Waals surface area contributed by atoms with Crippen LogP contribution in [0.1, 0.15) is 46.5 Å². The first-order valence-corrected chi connectivity index (χ1v) is 9.76. The van der Waals surface area contributed by atoms with Crippen LogP contribution in [0.2, 0.25) is 0 Å². The maximum absolute atomic E-state index is 12.6. The molecule has 1 aliphatic heterocycles. The summed E-state index contributed by atoms with van der Waals surface area (Å²) in [6.07, 6.45) is -7.10. The number of hydrogen-bond donors (Lipinski definition) is 3. The van der Waals surface area contributed by atoms with E-state index in [1.165, 1.54) is 7.11 Å². The van der Waals surface area contributed by atoms with Gasteiger partial charge in [0.15, 0.2) is 5.60 Å². The zero-order chi connectivity index (χ0) is 23.4. The predicted molar refractivity (Wildman–Crippen MR) is 98.3 cm³/mol. The molecule has 3 N–H and O–H groups in total. The lowest BCUT2D eigenvalue weighted by molar-refractivity contribution is -0.370. The first-order valence-electron chi connectivity index (χ1n) is 9.76. The molecule has 0 bridgehead atoms. The molecule has 1 unspecified atom stereocenters. The quantitative estimate of drug-likeness (QED) is 0.534. The minimum atomic E-state index is -4.98. The van der Waals surface area contributed by atoms with Crippen molar-refractivity contribution in [3.8, 4) is 0 Å². The molecule has 178 valence electrons. The Morgan fingerprint density at radius 1 is 1.10 bits per heavy atom. The molecule has 0 aromatic heterocycles. The number of hydrogen-bond acceptors (Lipinski definition) is 7. The summed E-state index contributed by atoms with van der Waals surface area (Å²) in [6, 6.07) is -0.586. The SMILES string of the molecule is COC1C[C@@H](C(=O)NNC(=O)C2(OC(F)(F)F)CCC2)OC[C@@H]1NC(=O)OC(C)(C)C. The Labute approximate surface area is 177 Å². The molecule has 1 heterocycles. The van der Waals surface area contributed by atoms with Crippen molar-refractivity contribution in [3.63, 3.8) is 0 Å². The number of alkyl halides is 3. The van der Waals surface area contributed by atoms with Crippen molar-refractivity contribution in [1.82, 2.24) is 16.2 Å². The highest BCUT2D eigenvalue weighted by Gasteiger charge is 2.53. The molecule has 1 saturated heterocycles. The Morgan fingerprint density at radius 2 is 1.74 bits per heavy atom. The normalized spacial score (nSPS) is 25.7. The van der Waals surface area contributed by atoms with E-state index in [0.717, 1.165) is 0 Å². The molecule has 0 aromatic carbocycles. The van der Waals surface area contributed by atoms with Crippen molar-refractivity contribution in [1.29, 1.82) is 0 Å². The molecule has 1 aliphatic carbocycles. The molecule has 13 heteroatoms. The summed E-state index contributed by atoms with van der Waals surface area (Å²) in [5.74, 6) is -1.86. The second-order valence-electron chi connectivity index (χ2n) is 8.42. The van der Waals surface area contributed by atoms with Gasteiger partial charge in [0.2, 0.25) is 0 Å². The zero-order valence-corrected chi connectivity index (χ0v) is 17.8. The summed E-state index contributed by atoms with van der Waals surface area (Å²) in [6.45, 7) is 5.05. The second-order valence-corrected chi connectivity index (χ2v) is 8.42. The fraction of sp³-hybridized carbons (Fsp3) is 0.833. The van der Waals surface area contributed by atoms with Crippen LogP contribution >= 0.6 is 0 Å². The summed E-state index contributed by atoms with van der Waals surface area (Å²) in [4.78, 5) is 36.4. The highest BCUT2D eigenvalue weighted by Crippen LogP contribution is 2.40. The Bertz CT molecular complexity index is 677. The van der Waals surface area contributed by atoms with Gasteiger partial charge in [0.05, 0.1) is 18.8 Å². The maximum Gasteiger partial charge on any atom is 0.523 e. The van der Waals surface area contributed by atoms with Gasteiger partial charge >= 0.3 is 12.5 Å². The van der Waals surface area contributed by atoms with Crippen LogP contribution in [0.25, 0.3) is 0 Å². The molecular weight excluding hydrogens is 427 g/mol. The van der Waals surface area contributed by atoms with E-state index in [4.69, 9.17) is 14.2 Å². The van der Waals surface area contributed by atoms with Crippen LogP contribution in [0, 0.1) is 0 Å². The molecule has 2 fully saturated rings. The third-order valence-electron chi connectivity index (χ3n) is 4.85. The van der Waals surface area contributed by atoms with Gasteiger partial charge in [-0.05, 0) is 40.0 Å². The largest absolute Gasteiger partial charge is 0.523 e. The van der Waals surface area contributed by atoms with Crippen LogP contribution in [-0.2, 0) is 28.5 Å². The van der Waals surface area contributed by atoms with E-state index < -0.39 is 53.7 Å². The number of nitrogens with one attached hydrogen (secondary N) is 3. The first-order chi connectivity index (χ1) is 14.2. The summed E-state index contributed by atoms with van der Waals surface area (Å²) in [5, 5.41) is 2.61. The number of alkyl carbamates (subject to hydrolysis) is 1. The van der Waals surface area contributed by atoms with Crippen molar-refractivity contribution in [2.75, 3.05) is 13.7 Å². The topological polar surface area (TPSA) is 124 Å². The van der Waals surface area contributed by atoms with Crippen LogP contribution < -0.4 is 16.2 Å². The minimum absolute atomic E-state index is 0.0306. The van der Waals surface area contributed by atoms with Gasteiger partial charge in [0.1, 0.15) is 11.7 Å². The highest BCUT2D eigenvalue weighted by molar-refractivity contribution is 5.89. The second kappa shape index (κ2) is 9.57. The van der Waals surface area contributed by atoms with Crippen molar-refractivity contribution in [2.24, 2.45) is 0 Å². The average molecular weight is 455 g/mol. The van der Waals surface area contributed by atoms with Crippen molar-refractivity contribution >= 4 is 17.9 Å². The van der Waals surface area contributed by atoms with E-state index in [1.807, 2.05) is 5.43 Å². The number of carbonyl (C=O) groups excluding carboxylic acids is 3. The smallest absolute Gasteiger partial charge is 0.444 e.